The van der Waals surface area contributed by atoms with Crippen molar-refractivity contribution in [3.8, 4) is 0 Å². The third-order valence-corrected chi connectivity index (χ3v) is 4.18. The Balaban J connectivity index is 1.78. The second-order valence-corrected chi connectivity index (χ2v) is 6.61. The van der Waals surface area contributed by atoms with Crippen molar-refractivity contribution in [2.45, 2.75) is 39.2 Å². The Bertz CT molecular complexity index is 576. The summed E-state index contributed by atoms with van der Waals surface area (Å²) in [6, 6.07) is 1.67. The van der Waals surface area contributed by atoms with Gasteiger partial charge in [0.1, 0.15) is 5.76 Å². The van der Waals surface area contributed by atoms with E-state index >= 15 is 0 Å². The van der Waals surface area contributed by atoms with Crippen molar-refractivity contribution in [2.75, 3.05) is 38.0 Å². The third kappa shape index (κ3) is 4.78. The van der Waals surface area contributed by atoms with Gasteiger partial charge in [0.25, 0.3) is 0 Å². The molecule has 1 unspecified atom stereocenters. The SMILES string of the molecule is CCCC(C)(N)C(=O)N1CCN(CC(=O)Nc2cc(C)on2)CC1. The van der Waals surface area contributed by atoms with Gasteiger partial charge in [0, 0.05) is 32.2 Å². The van der Waals surface area contributed by atoms with Crippen LogP contribution in [-0.2, 0) is 9.59 Å². The number of nitrogens with zero attached hydrogens (tertiary/aromatic N) is 3. The number of aromatic nitrogens is 1. The van der Waals surface area contributed by atoms with Gasteiger partial charge >= 0.3 is 0 Å². The average molecular weight is 337 g/mol. The van der Waals surface area contributed by atoms with Crippen LogP contribution in [0.25, 0.3) is 0 Å². The molecule has 24 heavy (non-hydrogen) atoms. The van der Waals surface area contributed by atoms with Crippen LogP contribution < -0.4 is 11.1 Å². The maximum absolute atomic E-state index is 12.5. The summed E-state index contributed by atoms with van der Waals surface area (Å²) >= 11 is 0. The number of hydrogen-bond acceptors (Lipinski definition) is 6. The van der Waals surface area contributed by atoms with Gasteiger partial charge in [0.15, 0.2) is 5.82 Å². The van der Waals surface area contributed by atoms with Gasteiger partial charge in [-0.15, -0.1) is 0 Å². The standard InChI is InChI=1S/C16H27N5O3/c1-4-5-16(3,17)15(23)21-8-6-20(7-9-21)11-14(22)18-13-10-12(2)24-19-13/h10H,4-9,11,17H2,1-3H3,(H,18,19,22). The molecule has 0 spiro atoms. The van der Waals surface area contributed by atoms with Crippen molar-refractivity contribution in [1.82, 2.24) is 15.0 Å². The van der Waals surface area contributed by atoms with E-state index in [4.69, 9.17) is 10.3 Å². The lowest BCUT2D eigenvalue weighted by molar-refractivity contribution is -0.138. The number of hydrogen-bond donors (Lipinski definition) is 2. The predicted octanol–water partition coefficient (Wildman–Crippen LogP) is 0.583. The first-order valence-electron chi connectivity index (χ1n) is 8.35. The molecule has 1 aliphatic rings. The van der Waals surface area contributed by atoms with Crippen molar-refractivity contribution in [3.63, 3.8) is 0 Å². The Morgan fingerprint density at radius 2 is 2.04 bits per heavy atom. The van der Waals surface area contributed by atoms with Gasteiger partial charge < -0.3 is 20.5 Å². The molecule has 0 saturated carbocycles. The lowest BCUT2D eigenvalue weighted by Gasteiger charge is -2.38. The van der Waals surface area contributed by atoms with E-state index in [-0.39, 0.29) is 18.4 Å². The van der Waals surface area contributed by atoms with E-state index in [1.807, 2.05) is 11.8 Å². The number of nitrogens with one attached hydrogen (secondary N) is 1. The fourth-order valence-corrected chi connectivity index (χ4v) is 2.91. The average Bonchev–Trinajstić information content (AvgIpc) is 2.92. The molecule has 134 valence electrons. The van der Waals surface area contributed by atoms with Gasteiger partial charge in [-0.1, -0.05) is 18.5 Å². The molecular formula is C16H27N5O3. The lowest BCUT2D eigenvalue weighted by atomic mass is 9.95. The molecule has 8 heteroatoms. The maximum Gasteiger partial charge on any atom is 0.242 e. The van der Waals surface area contributed by atoms with E-state index in [1.54, 1.807) is 24.8 Å². The molecule has 0 aromatic carbocycles. The first-order valence-corrected chi connectivity index (χ1v) is 8.35. The number of carbonyl (C=O) groups excluding carboxylic acids is 2. The predicted molar refractivity (Wildman–Crippen MR) is 90.4 cm³/mol. The summed E-state index contributed by atoms with van der Waals surface area (Å²) in [4.78, 5) is 28.3. The minimum Gasteiger partial charge on any atom is -0.360 e. The minimum atomic E-state index is -0.806. The highest BCUT2D eigenvalue weighted by atomic mass is 16.5. The monoisotopic (exact) mass is 337 g/mol. The number of rotatable bonds is 6. The van der Waals surface area contributed by atoms with Gasteiger partial charge in [0.05, 0.1) is 12.1 Å². The number of nitrogens with two attached hydrogens (primary N) is 1. The summed E-state index contributed by atoms with van der Waals surface area (Å²) in [6.45, 7) is 8.32. The van der Waals surface area contributed by atoms with Gasteiger partial charge in [-0.2, -0.15) is 0 Å². The van der Waals surface area contributed by atoms with E-state index in [9.17, 15) is 9.59 Å². The van der Waals surface area contributed by atoms with Crippen LogP contribution in [0.15, 0.2) is 10.6 Å². The summed E-state index contributed by atoms with van der Waals surface area (Å²) in [6.07, 6.45) is 1.55. The van der Waals surface area contributed by atoms with Crippen molar-refractivity contribution >= 4 is 17.6 Å². The van der Waals surface area contributed by atoms with Crippen molar-refractivity contribution in [1.29, 1.82) is 0 Å². The van der Waals surface area contributed by atoms with Crippen molar-refractivity contribution in [3.05, 3.63) is 11.8 Å². The Labute approximate surface area is 142 Å². The van der Waals surface area contributed by atoms with E-state index in [0.717, 1.165) is 6.42 Å². The molecular weight excluding hydrogens is 310 g/mol. The lowest BCUT2D eigenvalue weighted by Crippen LogP contribution is -2.58. The molecule has 0 radical (unpaired) electrons. The second kappa shape index (κ2) is 7.76. The molecule has 3 N–H and O–H groups in total. The van der Waals surface area contributed by atoms with Crippen LogP contribution in [0.3, 0.4) is 0 Å². The smallest absolute Gasteiger partial charge is 0.242 e. The van der Waals surface area contributed by atoms with Crippen LogP contribution in [0.4, 0.5) is 5.82 Å². The molecule has 1 aliphatic heterocycles. The van der Waals surface area contributed by atoms with E-state index < -0.39 is 5.54 Å². The zero-order valence-electron chi connectivity index (χ0n) is 14.7. The number of anilines is 1. The Morgan fingerprint density at radius 3 is 2.58 bits per heavy atom. The van der Waals surface area contributed by atoms with E-state index in [2.05, 4.69) is 10.5 Å². The quantitative estimate of drug-likeness (QED) is 0.787. The molecule has 2 rings (SSSR count). The summed E-state index contributed by atoms with van der Waals surface area (Å²) in [5.41, 5.74) is 5.31. The first kappa shape index (κ1) is 18.4. The molecule has 1 fully saturated rings. The van der Waals surface area contributed by atoms with Crippen LogP contribution in [0, 0.1) is 6.92 Å². The van der Waals surface area contributed by atoms with Crippen LogP contribution in [0.5, 0.6) is 0 Å². The molecule has 1 aromatic rings. The zero-order valence-corrected chi connectivity index (χ0v) is 14.7. The molecule has 2 heterocycles. The molecule has 0 aliphatic carbocycles. The minimum absolute atomic E-state index is 0.00785. The van der Waals surface area contributed by atoms with Gasteiger partial charge in [-0.05, 0) is 20.3 Å². The van der Waals surface area contributed by atoms with Crippen LogP contribution >= 0.6 is 0 Å². The summed E-state index contributed by atoms with van der Waals surface area (Å²) in [5.74, 6) is 0.920. The fourth-order valence-electron chi connectivity index (χ4n) is 2.91. The van der Waals surface area contributed by atoms with Crippen molar-refractivity contribution in [2.24, 2.45) is 5.73 Å². The van der Waals surface area contributed by atoms with Crippen LogP contribution in [-0.4, -0.2) is 65.0 Å². The number of aryl methyl sites for hydroxylation is 1. The second-order valence-electron chi connectivity index (χ2n) is 6.61. The van der Waals surface area contributed by atoms with E-state index in [0.29, 0.717) is 44.2 Å². The molecule has 1 saturated heterocycles. The Kier molecular flexibility index (Phi) is 5.95. The summed E-state index contributed by atoms with van der Waals surface area (Å²) < 4.78 is 4.91. The highest BCUT2D eigenvalue weighted by Crippen LogP contribution is 2.15. The Hall–Kier alpha value is -1.93. The van der Waals surface area contributed by atoms with Gasteiger partial charge in [0.2, 0.25) is 11.8 Å². The highest BCUT2D eigenvalue weighted by molar-refractivity contribution is 5.91. The number of piperazine rings is 1. The number of carbonyl (C=O) groups is 2. The molecule has 8 nitrogen and oxygen atoms in total. The summed E-state index contributed by atoms with van der Waals surface area (Å²) in [7, 11) is 0. The molecule has 1 aromatic heterocycles. The zero-order chi connectivity index (χ0) is 17.7. The fraction of sp³-hybridized carbons (Fsp3) is 0.688. The third-order valence-electron chi connectivity index (χ3n) is 4.18. The largest absolute Gasteiger partial charge is 0.360 e. The van der Waals surface area contributed by atoms with Crippen molar-refractivity contribution < 1.29 is 14.1 Å². The maximum atomic E-state index is 12.5. The van der Waals surface area contributed by atoms with Gasteiger partial charge in [-0.25, -0.2) is 0 Å². The summed E-state index contributed by atoms with van der Waals surface area (Å²) in [5, 5.41) is 6.44. The first-order chi connectivity index (χ1) is 11.3. The highest BCUT2D eigenvalue weighted by Gasteiger charge is 2.33. The molecule has 1 atom stereocenters. The Morgan fingerprint density at radius 1 is 1.38 bits per heavy atom. The van der Waals surface area contributed by atoms with Gasteiger partial charge in [-0.3, -0.25) is 14.5 Å². The van der Waals surface area contributed by atoms with Crippen LogP contribution in [0.1, 0.15) is 32.4 Å². The topological polar surface area (TPSA) is 105 Å². The normalized spacial score (nSPS) is 18.2. The molecule has 0 bridgehead atoms. The number of amides is 2. The molecule has 2 amide bonds. The van der Waals surface area contributed by atoms with E-state index in [1.165, 1.54) is 0 Å². The van der Waals surface area contributed by atoms with Crippen LogP contribution in [0.2, 0.25) is 0 Å².